The molecule has 0 aromatic heterocycles. The number of oxime groups is 1. The third kappa shape index (κ3) is 4.42. The van der Waals surface area contributed by atoms with Gasteiger partial charge in [-0.1, -0.05) is 17.3 Å². The van der Waals surface area contributed by atoms with Crippen LogP contribution in [0.2, 0.25) is 0 Å². The van der Waals surface area contributed by atoms with Gasteiger partial charge in [0.15, 0.2) is 5.84 Å². The van der Waals surface area contributed by atoms with Crippen LogP contribution < -0.4 is 15.8 Å². The number of nitrogens with zero attached hydrogens (tertiary/aromatic N) is 1. The molecular weight excluding hydrogens is 266 g/mol. The highest BCUT2D eigenvalue weighted by Crippen LogP contribution is 2.12. The van der Waals surface area contributed by atoms with Crippen LogP contribution in [0.15, 0.2) is 53.7 Å². The highest BCUT2D eigenvalue weighted by Gasteiger charge is 1.99. The second kappa shape index (κ2) is 7.19. The summed E-state index contributed by atoms with van der Waals surface area (Å²) in [5.41, 5.74) is 8.45. The van der Waals surface area contributed by atoms with E-state index in [1.165, 1.54) is 5.56 Å². The second-order valence-corrected chi connectivity index (χ2v) is 4.65. The van der Waals surface area contributed by atoms with E-state index in [0.29, 0.717) is 18.7 Å². The van der Waals surface area contributed by atoms with Crippen molar-refractivity contribution in [3.05, 3.63) is 59.7 Å². The monoisotopic (exact) mass is 285 g/mol. The van der Waals surface area contributed by atoms with E-state index >= 15 is 0 Å². The van der Waals surface area contributed by atoms with E-state index in [1.807, 2.05) is 12.1 Å². The number of hydrogen-bond acceptors (Lipinski definition) is 4. The van der Waals surface area contributed by atoms with Gasteiger partial charge in [-0.2, -0.15) is 0 Å². The summed E-state index contributed by atoms with van der Waals surface area (Å²) in [6.45, 7) is 3.33. The van der Waals surface area contributed by atoms with Crippen LogP contribution in [0.1, 0.15) is 11.1 Å². The Kier molecular flexibility index (Phi) is 5.04. The lowest BCUT2D eigenvalue weighted by Crippen LogP contribution is -2.13. The topological polar surface area (TPSA) is 79.9 Å². The molecule has 0 heterocycles. The fraction of sp³-hybridized carbons (Fsp3) is 0.188. The summed E-state index contributed by atoms with van der Waals surface area (Å²) >= 11 is 0. The predicted octanol–water partition coefficient (Wildman–Crippen LogP) is 2.58. The Bertz CT molecular complexity index is 609. The molecule has 0 aliphatic rings. The molecule has 0 amide bonds. The van der Waals surface area contributed by atoms with Crippen molar-refractivity contribution < 1.29 is 9.94 Å². The van der Waals surface area contributed by atoms with Gasteiger partial charge in [0.2, 0.25) is 0 Å². The van der Waals surface area contributed by atoms with Crippen LogP contribution in [-0.2, 0) is 0 Å². The van der Waals surface area contributed by atoms with Crippen molar-refractivity contribution in [1.82, 2.24) is 0 Å². The average Bonchev–Trinajstić information content (AvgIpc) is 2.51. The maximum atomic E-state index is 8.58. The van der Waals surface area contributed by atoms with Gasteiger partial charge in [-0.15, -0.1) is 0 Å². The number of aryl methyl sites for hydroxylation is 1. The number of nitrogens with one attached hydrogen (secondary N) is 1. The average molecular weight is 285 g/mol. The van der Waals surface area contributed by atoms with Crippen LogP contribution in [0.4, 0.5) is 5.69 Å². The largest absolute Gasteiger partial charge is 0.492 e. The molecule has 2 rings (SSSR count). The minimum Gasteiger partial charge on any atom is -0.492 e. The van der Waals surface area contributed by atoms with Gasteiger partial charge in [0.1, 0.15) is 12.4 Å². The molecule has 4 N–H and O–H groups in total. The van der Waals surface area contributed by atoms with Crippen molar-refractivity contribution in [3.63, 3.8) is 0 Å². The van der Waals surface area contributed by atoms with Crippen LogP contribution >= 0.6 is 0 Å². The van der Waals surface area contributed by atoms with Gasteiger partial charge in [0, 0.05) is 17.8 Å². The van der Waals surface area contributed by atoms with Crippen molar-refractivity contribution in [1.29, 1.82) is 0 Å². The smallest absolute Gasteiger partial charge is 0.170 e. The van der Waals surface area contributed by atoms with Crippen LogP contribution in [0.5, 0.6) is 5.75 Å². The Morgan fingerprint density at radius 3 is 2.67 bits per heavy atom. The molecule has 2 aromatic rings. The van der Waals surface area contributed by atoms with Crippen molar-refractivity contribution in [2.75, 3.05) is 18.5 Å². The second-order valence-electron chi connectivity index (χ2n) is 4.65. The Hall–Kier alpha value is -2.69. The predicted molar refractivity (Wildman–Crippen MR) is 84.1 cm³/mol. The molecule has 0 saturated carbocycles. The minimum absolute atomic E-state index is 0.0858. The zero-order valence-electron chi connectivity index (χ0n) is 11.9. The molecule has 0 aliphatic heterocycles. The SMILES string of the molecule is Cc1cccc(NCCOc2ccc(C(N)=NO)cc2)c1. The summed E-state index contributed by atoms with van der Waals surface area (Å²) in [6.07, 6.45) is 0. The number of anilines is 1. The number of ether oxygens (including phenoxy) is 1. The van der Waals surface area contributed by atoms with E-state index in [4.69, 9.17) is 15.7 Å². The fourth-order valence-corrected chi connectivity index (χ4v) is 1.90. The van der Waals surface area contributed by atoms with Gasteiger partial charge in [-0.3, -0.25) is 0 Å². The molecule has 0 saturated heterocycles. The van der Waals surface area contributed by atoms with Gasteiger partial charge in [-0.05, 0) is 48.9 Å². The van der Waals surface area contributed by atoms with E-state index < -0.39 is 0 Å². The molecule has 5 nitrogen and oxygen atoms in total. The van der Waals surface area contributed by atoms with E-state index in [-0.39, 0.29) is 5.84 Å². The minimum atomic E-state index is 0.0858. The zero-order valence-corrected chi connectivity index (χ0v) is 11.9. The quantitative estimate of drug-likeness (QED) is 0.250. The van der Waals surface area contributed by atoms with Crippen molar-refractivity contribution in [2.45, 2.75) is 6.92 Å². The number of amidine groups is 1. The Morgan fingerprint density at radius 2 is 2.00 bits per heavy atom. The lowest BCUT2D eigenvalue weighted by Gasteiger charge is -2.09. The third-order valence-electron chi connectivity index (χ3n) is 2.98. The van der Waals surface area contributed by atoms with Crippen molar-refractivity contribution >= 4 is 11.5 Å². The Balaban J connectivity index is 1.78. The molecule has 0 aliphatic carbocycles. The molecule has 0 fully saturated rings. The molecular formula is C16H19N3O2. The van der Waals surface area contributed by atoms with Crippen molar-refractivity contribution in [2.24, 2.45) is 10.9 Å². The number of benzene rings is 2. The normalized spacial score (nSPS) is 11.2. The first-order valence-corrected chi connectivity index (χ1v) is 6.70. The molecule has 0 spiro atoms. The lowest BCUT2D eigenvalue weighted by atomic mass is 10.2. The van der Waals surface area contributed by atoms with Crippen LogP contribution in [0.25, 0.3) is 0 Å². The van der Waals surface area contributed by atoms with Crippen molar-refractivity contribution in [3.8, 4) is 5.75 Å². The van der Waals surface area contributed by atoms with E-state index in [1.54, 1.807) is 24.3 Å². The number of rotatable bonds is 6. The van der Waals surface area contributed by atoms with Crippen LogP contribution in [-0.4, -0.2) is 24.2 Å². The summed E-state index contributed by atoms with van der Waals surface area (Å²) in [6, 6.07) is 15.3. The summed E-state index contributed by atoms with van der Waals surface area (Å²) in [7, 11) is 0. The molecule has 0 bridgehead atoms. The molecule has 5 heteroatoms. The third-order valence-corrected chi connectivity index (χ3v) is 2.98. The van der Waals surface area contributed by atoms with E-state index in [9.17, 15) is 0 Å². The first-order valence-electron chi connectivity index (χ1n) is 6.70. The standard InChI is InChI=1S/C16H19N3O2/c1-12-3-2-4-14(11-12)18-9-10-21-15-7-5-13(6-8-15)16(17)19-20/h2-8,11,18,20H,9-10H2,1H3,(H2,17,19). The maximum absolute atomic E-state index is 8.58. The molecule has 0 radical (unpaired) electrons. The number of hydrogen-bond donors (Lipinski definition) is 3. The lowest BCUT2D eigenvalue weighted by molar-refractivity contribution is 0.318. The fourth-order valence-electron chi connectivity index (χ4n) is 1.90. The highest BCUT2D eigenvalue weighted by molar-refractivity contribution is 5.97. The summed E-state index contributed by atoms with van der Waals surface area (Å²) in [4.78, 5) is 0. The van der Waals surface area contributed by atoms with Crippen LogP contribution in [0, 0.1) is 6.92 Å². The van der Waals surface area contributed by atoms with E-state index in [2.05, 4.69) is 29.5 Å². The summed E-state index contributed by atoms with van der Waals surface area (Å²) < 4.78 is 5.62. The maximum Gasteiger partial charge on any atom is 0.170 e. The molecule has 2 aromatic carbocycles. The first kappa shape index (κ1) is 14.7. The van der Waals surface area contributed by atoms with Gasteiger partial charge in [-0.25, -0.2) is 0 Å². The summed E-state index contributed by atoms with van der Waals surface area (Å²) in [5, 5.41) is 14.8. The van der Waals surface area contributed by atoms with Gasteiger partial charge in [0.05, 0.1) is 0 Å². The van der Waals surface area contributed by atoms with Gasteiger partial charge in [0.25, 0.3) is 0 Å². The molecule has 0 atom stereocenters. The van der Waals surface area contributed by atoms with Crippen LogP contribution in [0.3, 0.4) is 0 Å². The first-order chi connectivity index (χ1) is 10.2. The highest BCUT2D eigenvalue weighted by atomic mass is 16.5. The van der Waals surface area contributed by atoms with E-state index in [0.717, 1.165) is 11.4 Å². The van der Waals surface area contributed by atoms with Gasteiger partial charge < -0.3 is 21.0 Å². The Labute approximate surface area is 124 Å². The van der Waals surface area contributed by atoms with Gasteiger partial charge >= 0.3 is 0 Å². The Morgan fingerprint density at radius 1 is 1.24 bits per heavy atom. The number of nitrogens with two attached hydrogens (primary N) is 1. The molecule has 21 heavy (non-hydrogen) atoms. The summed E-state index contributed by atoms with van der Waals surface area (Å²) in [5.74, 6) is 0.832. The zero-order chi connectivity index (χ0) is 15.1. The molecule has 0 unspecified atom stereocenters. The molecule has 110 valence electrons.